The van der Waals surface area contributed by atoms with Gasteiger partial charge in [-0.05, 0) is 43.7 Å². The number of nitrogens with zero attached hydrogens (tertiary/aromatic N) is 2. The molecule has 0 aliphatic heterocycles. The summed E-state index contributed by atoms with van der Waals surface area (Å²) in [5.74, 6) is -1.10. The van der Waals surface area contributed by atoms with Crippen molar-refractivity contribution < 1.29 is 31.3 Å². The van der Waals surface area contributed by atoms with Crippen molar-refractivity contribution in [1.82, 2.24) is 3.71 Å². The molecule has 0 aliphatic carbocycles. The van der Waals surface area contributed by atoms with Crippen molar-refractivity contribution in [3.63, 3.8) is 0 Å². The number of esters is 1. The summed E-state index contributed by atoms with van der Waals surface area (Å²) in [6.07, 6.45) is 0. The van der Waals surface area contributed by atoms with Gasteiger partial charge in [0.05, 0.1) is 21.3 Å². The normalized spacial score (nSPS) is 12.8. The molecule has 0 N–H and O–H groups in total. The number of nitro groups is 1. The summed E-state index contributed by atoms with van der Waals surface area (Å²) in [4.78, 5) is 22.4. The Morgan fingerprint density at radius 2 is 1.37 bits per heavy atom. The van der Waals surface area contributed by atoms with Crippen LogP contribution in [0.2, 0.25) is 0 Å². The summed E-state index contributed by atoms with van der Waals surface area (Å²) < 4.78 is 60.4. The fraction of sp³-hybridized carbons (Fsp3) is 0.174. The summed E-state index contributed by atoms with van der Waals surface area (Å²) in [6, 6.07) is 14.7. The molecule has 0 aliphatic rings. The molecule has 10 nitrogen and oxygen atoms in total. The fourth-order valence-corrected chi connectivity index (χ4v) is 7.16. The van der Waals surface area contributed by atoms with Crippen molar-refractivity contribution in [1.29, 1.82) is 0 Å². The van der Waals surface area contributed by atoms with Gasteiger partial charge in [0.15, 0.2) is 6.04 Å². The van der Waals surface area contributed by atoms with E-state index < -0.39 is 41.9 Å². The molecular weight excluding hydrogens is 496 g/mol. The number of benzene rings is 3. The first kappa shape index (κ1) is 26.0. The summed E-state index contributed by atoms with van der Waals surface area (Å²) in [5.41, 5.74) is 0.410. The summed E-state index contributed by atoms with van der Waals surface area (Å²) in [6.45, 7) is 3.11. The van der Waals surface area contributed by atoms with Crippen LogP contribution in [0.5, 0.6) is 0 Å². The van der Waals surface area contributed by atoms with E-state index in [0.717, 1.165) is 29.8 Å². The number of ether oxygens (including phenoxy) is 1. The Labute approximate surface area is 203 Å². The van der Waals surface area contributed by atoms with E-state index in [2.05, 4.69) is 0 Å². The lowest BCUT2D eigenvalue weighted by Crippen LogP contribution is -2.43. The van der Waals surface area contributed by atoms with Gasteiger partial charge >= 0.3 is 5.97 Å². The first-order valence-electron chi connectivity index (χ1n) is 10.3. The van der Waals surface area contributed by atoms with Gasteiger partial charge in [-0.2, -0.15) is 0 Å². The molecule has 0 spiro atoms. The van der Waals surface area contributed by atoms with Crippen molar-refractivity contribution in [3.05, 3.63) is 100 Å². The number of hydrogen-bond acceptors (Lipinski definition) is 8. The van der Waals surface area contributed by atoms with Crippen LogP contribution in [0, 0.1) is 17.0 Å². The molecule has 3 aromatic rings. The van der Waals surface area contributed by atoms with Crippen molar-refractivity contribution in [2.45, 2.75) is 29.7 Å². The minimum atomic E-state index is -4.95. The van der Waals surface area contributed by atoms with Gasteiger partial charge in [-0.1, -0.05) is 51.7 Å². The third-order valence-electron chi connectivity index (χ3n) is 4.97. The molecule has 0 saturated carbocycles. The Hall–Kier alpha value is -3.61. The van der Waals surface area contributed by atoms with E-state index in [1.807, 2.05) is 0 Å². The zero-order valence-corrected chi connectivity index (χ0v) is 20.4. The molecule has 184 valence electrons. The molecule has 0 amide bonds. The Bertz CT molecular complexity index is 1420. The van der Waals surface area contributed by atoms with Crippen LogP contribution in [-0.4, -0.2) is 38.0 Å². The van der Waals surface area contributed by atoms with Gasteiger partial charge in [0.25, 0.3) is 25.7 Å². The van der Waals surface area contributed by atoms with E-state index in [1.165, 1.54) is 55.5 Å². The average molecular weight is 519 g/mol. The Balaban J connectivity index is 2.31. The van der Waals surface area contributed by atoms with Crippen LogP contribution in [0.3, 0.4) is 0 Å². The van der Waals surface area contributed by atoms with Gasteiger partial charge in [-0.15, -0.1) is 0 Å². The van der Waals surface area contributed by atoms with Gasteiger partial charge in [0, 0.05) is 12.1 Å². The average Bonchev–Trinajstić information content (AvgIpc) is 2.83. The van der Waals surface area contributed by atoms with Crippen LogP contribution in [-0.2, 0) is 29.6 Å². The van der Waals surface area contributed by atoms with Crippen LogP contribution < -0.4 is 0 Å². The zero-order chi connectivity index (χ0) is 25.8. The van der Waals surface area contributed by atoms with Gasteiger partial charge in [-0.3, -0.25) is 10.1 Å². The lowest BCUT2D eigenvalue weighted by Gasteiger charge is -2.29. The van der Waals surface area contributed by atoms with Gasteiger partial charge < -0.3 is 4.74 Å². The topological polar surface area (TPSA) is 141 Å². The summed E-state index contributed by atoms with van der Waals surface area (Å²) in [7, 11) is -9.80. The third kappa shape index (κ3) is 5.39. The van der Waals surface area contributed by atoms with E-state index >= 15 is 0 Å². The third-order valence-corrected chi connectivity index (χ3v) is 9.26. The molecule has 0 bridgehead atoms. The van der Waals surface area contributed by atoms with E-state index in [9.17, 15) is 31.7 Å². The molecule has 1 unspecified atom stereocenters. The first-order chi connectivity index (χ1) is 16.5. The monoisotopic (exact) mass is 518 g/mol. The fourth-order valence-electron chi connectivity index (χ4n) is 3.26. The first-order valence-corrected chi connectivity index (χ1v) is 13.2. The number of carbonyl (C=O) groups is 1. The minimum absolute atomic E-state index is 0.0622. The molecule has 3 rings (SSSR count). The van der Waals surface area contributed by atoms with Crippen molar-refractivity contribution in [3.8, 4) is 0 Å². The predicted molar refractivity (Wildman–Crippen MR) is 126 cm³/mol. The molecule has 0 aromatic heterocycles. The number of non-ortho nitro benzene ring substituents is 1. The molecule has 0 radical (unpaired) electrons. The highest BCUT2D eigenvalue weighted by Crippen LogP contribution is 2.35. The number of sulfonamides is 2. The second-order valence-electron chi connectivity index (χ2n) is 7.36. The number of carbonyl (C=O) groups excluding carboxylic acids is 1. The maximum Gasteiger partial charge on any atom is 0.330 e. The molecule has 0 saturated heterocycles. The van der Waals surface area contributed by atoms with Gasteiger partial charge in [0.1, 0.15) is 0 Å². The van der Waals surface area contributed by atoms with Gasteiger partial charge in [0.2, 0.25) is 0 Å². The highest BCUT2D eigenvalue weighted by atomic mass is 32.3. The minimum Gasteiger partial charge on any atom is -0.465 e. The molecule has 0 heterocycles. The van der Waals surface area contributed by atoms with E-state index in [0.29, 0.717) is 0 Å². The number of nitro benzene ring substituents is 1. The summed E-state index contributed by atoms with van der Waals surface area (Å²) in [5, 5.41) is 11.0. The molecule has 35 heavy (non-hydrogen) atoms. The van der Waals surface area contributed by atoms with Crippen molar-refractivity contribution >= 4 is 31.7 Å². The molecule has 1 atom stereocenters. The lowest BCUT2D eigenvalue weighted by molar-refractivity contribution is -0.384. The van der Waals surface area contributed by atoms with Crippen LogP contribution in [0.4, 0.5) is 5.69 Å². The molecular formula is C23H22N2O8S2. The molecule has 3 aromatic carbocycles. The largest absolute Gasteiger partial charge is 0.465 e. The number of rotatable bonds is 9. The van der Waals surface area contributed by atoms with Crippen LogP contribution in [0.25, 0.3) is 0 Å². The van der Waals surface area contributed by atoms with Gasteiger partial charge in [-0.25, -0.2) is 21.6 Å². The van der Waals surface area contributed by atoms with E-state index in [1.54, 1.807) is 13.0 Å². The highest BCUT2D eigenvalue weighted by Gasteiger charge is 2.47. The Morgan fingerprint density at radius 1 is 0.886 bits per heavy atom. The molecule has 12 heteroatoms. The lowest BCUT2D eigenvalue weighted by atomic mass is 10.1. The van der Waals surface area contributed by atoms with E-state index in [4.69, 9.17) is 4.74 Å². The maximum atomic E-state index is 13.8. The smallest absolute Gasteiger partial charge is 0.330 e. The Morgan fingerprint density at radius 3 is 1.83 bits per heavy atom. The molecule has 0 fully saturated rings. The predicted octanol–water partition coefficient (Wildman–Crippen LogP) is 3.59. The van der Waals surface area contributed by atoms with Crippen LogP contribution in [0.15, 0.2) is 88.7 Å². The Kier molecular flexibility index (Phi) is 7.68. The number of aryl methyl sites for hydroxylation is 1. The summed E-state index contributed by atoms with van der Waals surface area (Å²) >= 11 is 0. The SMILES string of the molecule is CCOC(=O)C(c1ccccc1)N(S(=O)(=O)c1ccc(C)cc1)S(=O)(=O)c1ccc([N+](=O)[O-])cc1. The van der Waals surface area contributed by atoms with E-state index in [-0.39, 0.29) is 26.5 Å². The van der Waals surface area contributed by atoms with Crippen LogP contribution in [0.1, 0.15) is 24.1 Å². The van der Waals surface area contributed by atoms with Crippen molar-refractivity contribution in [2.24, 2.45) is 0 Å². The highest BCUT2D eigenvalue weighted by molar-refractivity contribution is 8.04. The standard InChI is InChI=1S/C23H22N2O8S2/c1-3-33-23(26)22(18-7-5-4-6-8-18)25(34(29,30)20-13-9-17(2)10-14-20)35(31,32)21-15-11-19(12-16-21)24(27)28/h4-16,22H,3H2,1-2H3. The second-order valence-corrected chi connectivity index (χ2v) is 11.2. The quantitative estimate of drug-likeness (QED) is 0.238. The number of hydrogen-bond donors (Lipinski definition) is 0. The van der Waals surface area contributed by atoms with Crippen molar-refractivity contribution in [2.75, 3.05) is 6.61 Å². The van der Waals surface area contributed by atoms with Crippen LogP contribution >= 0.6 is 0 Å². The zero-order valence-electron chi connectivity index (χ0n) is 18.8. The maximum absolute atomic E-state index is 13.8. The second kappa shape index (κ2) is 10.3.